The maximum atomic E-state index is 11.8. The van der Waals surface area contributed by atoms with Gasteiger partial charge in [0.2, 0.25) is 10.0 Å². The van der Waals surface area contributed by atoms with Crippen LogP contribution in [0.5, 0.6) is 5.75 Å². The molecule has 1 aromatic rings. The predicted molar refractivity (Wildman–Crippen MR) is 78.4 cm³/mol. The van der Waals surface area contributed by atoms with Gasteiger partial charge in [0.1, 0.15) is 5.75 Å². The Hall–Kier alpha value is -1.11. The summed E-state index contributed by atoms with van der Waals surface area (Å²) in [6, 6.07) is 6.60. The normalized spacial score (nSPS) is 22.3. The number of ether oxygens (including phenoxy) is 1. The summed E-state index contributed by atoms with van der Waals surface area (Å²) in [7, 11) is -1.42. The first-order valence-corrected chi connectivity index (χ1v) is 8.44. The Morgan fingerprint density at radius 3 is 2.45 bits per heavy atom. The molecule has 0 unspecified atom stereocenters. The van der Waals surface area contributed by atoms with Crippen molar-refractivity contribution in [2.24, 2.45) is 5.92 Å². The summed E-state index contributed by atoms with van der Waals surface area (Å²) < 4.78 is 31.9. The lowest BCUT2D eigenvalue weighted by molar-refractivity contribution is 0.0657. The fourth-order valence-corrected chi connectivity index (χ4v) is 3.43. The van der Waals surface area contributed by atoms with Crippen molar-refractivity contribution in [3.8, 4) is 5.75 Å². The van der Waals surface area contributed by atoms with E-state index in [1.54, 1.807) is 31.2 Å². The van der Waals surface area contributed by atoms with E-state index in [4.69, 9.17) is 4.74 Å². The Morgan fingerprint density at radius 2 is 1.90 bits per heavy atom. The highest BCUT2D eigenvalue weighted by molar-refractivity contribution is 7.89. The molecule has 1 fully saturated rings. The number of hydrogen-bond acceptors (Lipinski definition) is 4. The smallest absolute Gasteiger partial charge is 0.240 e. The minimum atomic E-state index is -3.38. The third-order valence-electron chi connectivity index (χ3n) is 3.46. The topological polar surface area (TPSA) is 67.4 Å². The lowest BCUT2D eigenvalue weighted by Gasteiger charge is -2.35. The summed E-state index contributed by atoms with van der Waals surface area (Å²) in [6.45, 7) is 3.17. The van der Waals surface area contributed by atoms with E-state index < -0.39 is 10.0 Å². The molecule has 1 aromatic carbocycles. The van der Waals surface area contributed by atoms with Gasteiger partial charge in [0.25, 0.3) is 0 Å². The van der Waals surface area contributed by atoms with Crippen molar-refractivity contribution in [1.82, 2.24) is 10.0 Å². The quantitative estimate of drug-likeness (QED) is 0.797. The molecule has 0 radical (unpaired) electrons. The van der Waals surface area contributed by atoms with Gasteiger partial charge in [0.15, 0.2) is 0 Å². The van der Waals surface area contributed by atoms with E-state index in [9.17, 15) is 8.42 Å². The molecule has 0 amide bonds. The molecule has 0 saturated heterocycles. The summed E-state index contributed by atoms with van der Waals surface area (Å²) in [5, 5.41) is 3.16. The Morgan fingerprint density at radius 1 is 1.25 bits per heavy atom. The molecule has 0 atom stereocenters. The zero-order valence-electron chi connectivity index (χ0n) is 11.9. The number of nitrogens with one attached hydrogen (secondary N) is 2. The maximum absolute atomic E-state index is 11.8. The van der Waals surface area contributed by atoms with E-state index in [0.29, 0.717) is 12.5 Å². The van der Waals surface area contributed by atoms with Gasteiger partial charge in [0.05, 0.1) is 11.0 Å². The van der Waals surface area contributed by atoms with Gasteiger partial charge >= 0.3 is 0 Å². The summed E-state index contributed by atoms with van der Waals surface area (Å²) in [5.74, 6) is 1.42. The molecular weight excluding hydrogens is 276 g/mol. The second-order valence-corrected chi connectivity index (χ2v) is 6.87. The largest absolute Gasteiger partial charge is 0.490 e. The first-order chi connectivity index (χ1) is 9.55. The maximum Gasteiger partial charge on any atom is 0.240 e. The molecule has 0 aromatic heterocycles. The monoisotopic (exact) mass is 298 g/mol. The van der Waals surface area contributed by atoms with Crippen molar-refractivity contribution in [2.75, 3.05) is 20.1 Å². The highest BCUT2D eigenvalue weighted by Gasteiger charge is 2.30. The van der Waals surface area contributed by atoms with E-state index in [-0.39, 0.29) is 11.0 Å². The van der Waals surface area contributed by atoms with Gasteiger partial charge in [-0.2, -0.15) is 0 Å². The molecule has 0 aliphatic heterocycles. The van der Waals surface area contributed by atoms with Crippen LogP contribution in [0.2, 0.25) is 0 Å². The van der Waals surface area contributed by atoms with E-state index in [1.807, 2.05) is 7.05 Å². The number of hydrogen-bond donors (Lipinski definition) is 2. The number of sulfonamides is 1. The molecule has 0 heterocycles. The third kappa shape index (κ3) is 3.71. The SMILES string of the molecule is CCNS(=O)(=O)c1ccc(OC2CC(CNC)C2)cc1. The summed E-state index contributed by atoms with van der Waals surface area (Å²) >= 11 is 0. The minimum Gasteiger partial charge on any atom is -0.490 e. The van der Waals surface area contributed by atoms with E-state index >= 15 is 0 Å². The van der Waals surface area contributed by atoms with E-state index in [1.165, 1.54) is 0 Å². The van der Waals surface area contributed by atoms with Gasteiger partial charge in [-0.25, -0.2) is 13.1 Å². The van der Waals surface area contributed by atoms with Crippen LogP contribution in [0.4, 0.5) is 0 Å². The van der Waals surface area contributed by atoms with Gasteiger partial charge in [0, 0.05) is 6.54 Å². The fourth-order valence-electron chi connectivity index (χ4n) is 2.39. The lowest BCUT2D eigenvalue weighted by Crippen LogP contribution is -2.38. The standard InChI is InChI=1S/C14H22N2O3S/c1-3-16-20(17,18)14-6-4-12(5-7-14)19-13-8-11(9-13)10-15-2/h4-7,11,13,15-16H,3,8-10H2,1-2H3. The second-order valence-electron chi connectivity index (χ2n) is 5.11. The first kappa shape index (κ1) is 15.3. The van der Waals surface area contributed by atoms with Crippen molar-refractivity contribution in [3.05, 3.63) is 24.3 Å². The molecule has 112 valence electrons. The molecule has 5 nitrogen and oxygen atoms in total. The van der Waals surface area contributed by atoms with Gasteiger partial charge in [-0.3, -0.25) is 0 Å². The van der Waals surface area contributed by atoms with Crippen LogP contribution in [0.15, 0.2) is 29.2 Å². The van der Waals surface area contributed by atoms with Crippen molar-refractivity contribution < 1.29 is 13.2 Å². The van der Waals surface area contributed by atoms with Crippen LogP contribution in [0.25, 0.3) is 0 Å². The third-order valence-corrected chi connectivity index (χ3v) is 5.02. The molecule has 2 N–H and O–H groups in total. The Kier molecular flexibility index (Phi) is 5.01. The Balaban J connectivity index is 1.90. The molecule has 1 aliphatic carbocycles. The van der Waals surface area contributed by atoms with Gasteiger partial charge in [-0.05, 0) is 56.6 Å². The molecular formula is C14H22N2O3S. The summed E-state index contributed by atoms with van der Waals surface area (Å²) in [4.78, 5) is 0.272. The zero-order chi connectivity index (χ0) is 14.6. The van der Waals surface area contributed by atoms with Crippen LogP contribution in [0, 0.1) is 5.92 Å². The predicted octanol–water partition coefficient (Wildman–Crippen LogP) is 1.36. The Bertz CT molecular complexity index is 522. The highest BCUT2D eigenvalue weighted by atomic mass is 32.2. The van der Waals surface area contributed by atoms with Gasteiger partial charge < -0.3 is 10.1 Å². The minimum absolute atomic E-state index is 0.254. The van der Waals surface area contributed by atoms with E-state index in [2.05, 4.69) is 10.0 Å². The molecule has 1 aliphatic rings. The van der Waals surface area contributed by atoms with Crippen LogP contribution in [0.3, 0.4) is 0 Å². The second kappa shape index (κ2) is 6.56. The van der Waals surface area contributed by atoms with Gasteiger partial charge in [-0.15, -0.1) is 0 Å². The lowest BCUT2D eigenvalue weighted by atomic mass is 9.82. The van der Waals surface area contributed by atoms with Crippen LogP contribution in [0.1, 0.15) is 19.8 Å². The number of benzene rings is 1. The van der Waals surface area contributed by atoms with Crippen LogP contribution >= 0.6 is 0 Å². The van der Waals surface area contributed by atoms with Crippen LogP contribution in [-0.4, -0.2) is 34.7 Å². The molecule has 0 spiro atoms. The summed E-state index contributed by atoms with van der Waals surface area (Å²) in [6.07, 6.45) is 2.36. The molecule has 1 saturated carbocycles. The van der Waals surface area contributed by atoms with Gasteiger partial charge in [-0.1, -0.05) is 6.92 Å². The van der Waals surface area contributed by atoms with Crippen LogP contribution < -0.4 is 14.8 Å². The van der Waals surface area contributed by atoms with Crippen molar-refractivity contribution >= 4 is 10.0 Å². The van der Waals surface area contributed by atoms with Crippen molar-refractivity contribution in [1.29, 1.82) is 0 Å². The van der Waals surface area contributed by atoms with Crippen LogP contribution in [-0.2, 0) is 10.0 Å². The molecule has 2 rings (SSSR count). The van der Waals surface area contributed by atoms with Crippen molar-refractivity contribution in [3.63, 3.8) is 0 Å². The zero-order valence-corrected chi connectivity index (χ0v) is 12.7. The first-order valence-electron chi connectivity index (χ1n) is 6.96. The molecule has 0 bridgehead atoms. The molecule has 20 heavy (non-hydrogen) atoms. The highest BCUT2D eigenvalue weighted by Crippen LogP contribution is 2.31. The van der Waals surface area contributed by atoms with Crippen molar-refractivity contribution in [2.45, 2.75) is 30.8 Å². The average Bonchev–Trinajstić information content (AvgIpc) is 2.37. The average molecular weight is 298 g/mol. The number of rotatable bonds is 7. The van der Waals surface area contributed by atoms with E-state index in [0.717, 1.165) is 25.1 Å². The Labute approximate surface area is 120 Å². The fraction of sp³-hybridized carbons (Fsp3) is 0.571. The molecule has 6 heteroatoms. The summed E-state index contributed by atoms with van der Waals surface area (Å²) in [5.41, 5.74) is 0.